The van der Waals surface area contributed by atoms with Gasteiger partial charge in [0.15, 0.2) is 0 Å². The van der Waals surface area contributed by atoms with Crippen molar-refractivity contribution in [2.45, 2.75) is 26.4 Å². The van der Waals surface area contributed by atoms with Gasteiger partial charge in [-0.15, -0.1) is 0 Å². The van der Waals surface area contributed by atoms with Gasteiger partial charge in [-0.2, -0.15) is 0 Å². The Balaban J connectivity index is 2.29. The van der Waals surface area contributed by atoms with Crippen molar-refractivity contribution in [1.82, 2.24) is 10.1 Å². The lowest BCUT2D eigenvalue weighted by atomic mass is 10.0. The zero-order valence-corrected chi connectivity index (χ0v) is 13.1. The SMILES string of the molecule is COC(=O)[C@H](c1ccc(F)cc1)N(C)Cc1c(C)noc1C. The van der Waals surface area contributed by atoms with Gasteiger partial charge in [0.1, 0.15) is 17.6 Å². The van der Waals surface area contributed by atoms with E-state index in [4.69, 9.17) is 9.26 Å². The Bertz CT molecular complexity index is 632. The Kier molecular flexibility index (Phi) is 4.92. The van der Waals surface area contributed by atoms with Crippen molar-refractivity contribution in [3.05, 3.63) is 52.7 Å². The van der Waals surface area contributed by atoms with Gasteiger partial charge >= 0.3 is 5.97 Å². The van der Waals surface area contributed by atoms with E-state index < -0.39 is 12.0 Å². The lowest BCUT2D eigenvalue weighted by Crippen LogP contribution is -2.31. The predicted octanol–water partition coefficient (Wildman–Crippen LogP) is 2.78. The van der Waals surface area contributed by atoms with Crippen LogP contribution in [-0.4, -0.2) is 30.2 Å². The molecule has 5 nitrogen and oxygen atoms in total. The van der Waals surface area contributed by atoms with Crippen LogP contribution >= 0.6 is 0 Å². The largest absolute Gasteiger partial charge is 0.468 e. The van der Waals surface area contributed by atoms with E-state index in [1.165, 1.54) is 19.2 Å². The third-order valence-electron chi connectivity index (χ3n) is 3.64. The Hall–Kier alpha value is -2.21. The summed E-state index contributed by atoms with van der Waals surface area (Å²) < 4.78 is 23.1. The van der Waals surface area contributed by atoms with Crippen molar-refractivity contribution >= 4 is 5.97 Å². The van der Waals surface area contributed by atoms with Crippen molar-refractivity contribution in [2.75, 3.05) is 14.2 Å². The number of carbonyl (C=O) groups is 1. The highest BCUT2D eigenvalue weighted by Crippen LogP contribution is 2.25. The molecule has 1 aromatic carbocycles. The molecule has 0 bridgehead atoms. The van der Waals surface area contributed by atoms with Crippen LogP contribution in [0.25, 0.3) is 0 Å². The van der Waals surface area contributed by atoms with E-state index in [0.717, 1.165) is 11.3 Å². The molecule has 2 aromatic rings. The molecule has 0 amide bonds. The topological polar surface area (TPSA) is 55.6 Å². The molecule has 1 aromatic heterocycles. The van der Waals surface area contributed by atoms with Crippen LogP contribution in [-0.2, 0) is 16.1 Å². The minimum Gasteiger partial charge on any atom is -0.468 e. The lowest BCUT2D eigenvalue weighted by Gasteiger charge is -2.26. The van der Waals surface area contributed by atoms with Crippen LogP contribution in [0.3, 0.4) is 0 Å². The molecule has 6 heteroatoms. The number of hydrogen-bond acceptors (Lipinski definition) is 5. The second-order valence-corrected chi connectivity index (χ2v) is 5.20. The Morgan fingerprint density at radius 1 is 1.36 bits per heavy atom. The number of esters is 1. The average Bonchev–Trinajstić information content (AvgIpc) is 2.81. The highest BCUT2D eigenvalue weighted by molar-refractivity contribution is 5.77. The molecule has 1 heterocycles. The number of benzene rings is 1. The van der Waals surface area contributed by atoms with E-state index in [0.29, 0.717) is 17.9 Å². The number of rotatable bonds is 5. The second kappa shape index (κ2) is 6.70. The van der Waals surface area contributed by atoms with Gasteiger partial charge in [0.25, 0.3) is 0 Å². The van der Waals surface area contributed by atoms with Gasteiger partial charge in [-0.25, -0.2) is 9.18 Å². The summed E-state index contributed by atoms with van der Waals surface area (Å²) in [6.45, 7) is 4.15. The number of halogens is 1. The summed E-state index contributed by atoms with van der Waals surface area (Å²) in [6.07, 6.45) is 0. The lowest BCUT2D eigenvalue weighted by molar-refractivity contribution is -0.147. The maximum atomic E-state index is 13.1. The number of carbonyl (C=O) groups excluding carboxylic acids is 1. The van der Waals surface area contributed by atoms with Gasteiger partial charge in [0.2, 0.25) is 0 Å². The third-order valence-corrected chi connectivity index (χ3v) is 3.64. The highest BCUT2D eigenvalue weighted by atomic mass is 19.1. The van der Waals surface area contributed by atoms with Crippen molar-refractivity contribution in [3.63, 3.8) is 0 Å². The minimum atomic E-state index is -0.626. The number of aromatic nitrogens is 1. The smallest absolute Gasteiger partial charge is 0.327 e. The molecular formula is C16H19FN2O3. The molecule has 0 fully saturated rings. The fraction of sp³-hybridized carbons (Fsp3) is 0.375. The standard InChI is InChI=1S/C16H19FN2O3/c1-10-14(11(2)22-18-10)9-19(3)15(16(20)21-4)12-5-7-13(17)8-6-12/h5-8,15H,9H2,1-4H3/t15-/m0/s1. The van der Waals surface area contributed by atoms with Crippen LogP contribution < -0.4 is 0 Å². The van der Waals surface area contributed by atoms with Crippen molar-refractivity contribution < 1.29 is 18.4 Å². The van der Waals surface area contributed by atoms with E-state index in [1.54, 1.807) is 19.2 Å². The third kappa shape index (κ3) is 3.33. The zero-order chi connectivity index (χ0) is 16.3. The first-order chi connectivity index (χ1) is 10.4. The molecule has 0 spiro atoms. The summed E-state index contributed by atoms with van der Waals surface area (Å²) in [5, 5.41) is 3.91. The molecule has 0 unspecified atom stereocenters. The first-order valence-corrected chi connectivity index (χ1v) is 6.89. The van der Waals surface area contributed by atoms with Gasteiger partial charge in [0, 0.05) is 12.1 Å². The van der Waals surface area contributed by atoms with E-state index in [2.05, 4.69) is 5.16 Å². The highest BCUT2D eigenvalue weighted by Gasteiger charge is 2.27. The number of nitrogens with zero attached hydrogens (tertiary/aromatic N) is 2. The molecule has 0 radical (unpaired) electrons. The Morgan fingerprint density at radius 2 is 2.00 bits per heavy atom. The maximum absolute atomic E-state index is 13.1. The monoisotopic (exact) mass is 306 g/mol. The summed E-state index contributed by atoms with van der Waals surface area (Å²) in [4.78, 5) is 14.0. The predicted molar refractivity (Wildman–Crippen MR) is 78.6 cm³/mol. The normalized spacial score (nSPS) is 12.5. The van der Waals surface area contributed by atoms with Crippen LogP contribution in [0.15, 0.2) is 28.8 Å². The molecule has 0 aliphatic carbocycles. The zero-order valence-electron chi connectivity index (χ0n) is 13.1. The number of methoxy groups -OCH3 is 1. The van der Waals surface area contributed by atoms with Crippen LogP contribution in [0.5, 0.6) is 0 Å². The summed E-state index contributed by atoms with van der Waals surface area (Å²) >= 11 is 0. The molecular weight excluding hydrogens is 287 g/mol. The fourth-order valence-electron chi connectivity index (χ4n) is 2.40. The summed E-state index contributed by atoms with van der Waals surface area (Å²) in [6, 6.07) is 5.20. The van der Waals surface area contributed by atoms with E-state index in [-0.39, 0.29) is 5.82 Å². The van der Waals surface area contributed by atoms with Crippen LogP contribution in [0.4, 0.5) is 4.39 Å². The van der Waals surface area contributed by atoms with E-state index in [1.807, 2.05) is 18.7 Å². The fourth-order valence-corrected chi connectivity index (χ4v) is 2.40. The van der Waals surface area contributed by atoms with Crippen molar-refractivity contribution in [3.8, 4) is 0 Å². The van der Waals surface area contributed by atoms with E-state index in [9.17, 15) is 9.18 Å². The molecule has 0 saturated carbocycles. The molecule has 2 rings (SSSR count). The molecule has 0 aliphatic rings. The number of ether oxygens (including phenoxy) is 1. The maximum Gasteiger partial charge on any atom is 0.327 e. The Labute approximate surface area is 128 Å². The minimum absolute atomic E-state index is 0.347. The quantitative estimate of drug-likeness (QED) is 0.795. The van der Waals surface area contributed by atoms with Crippen molar-refractivity contribution in [2.24, 2.45) is 0 Å². The van der Waals surface area contributed by atoms with Crippen LogP contribution in [0.1, 0.15) is 28.6 Å². The van der Waals surface area contributed by atoms with Gasteiger partial charge in [-0.1, -0.05) is 17.3 Å². The Morgan fingerprint density at radius 3 is 2.50 bits per heavy atom. The van der Waals surface area contributed by atoms with Crippen LogP contribution in [0, 0.1) is 19.7 Å². The average molecular weight is 306 g/mol. The summed E-state index contributed by atoms with van der Waals surface area (Å²) in [5.74, 6) is -0.0336. The molecule has 22 heavy (non-hydrogen) atoms. The van der Waals surface area contributed by atoms with Gasteiger partial charge < -0.3 is 9.26 Å². The van der Waals surface area contributed by atoms with Crippen LogP contribution in [0.2, 0.25) is 0 Å². The van der Waals surface area contributed by atoms with Gasteiger partial charge in [-0.3, -0.25) is 4.90 Å². The molecule has 0 aliphatic heterocycles. The molecule has 0 saturated heterocycles. The van der Waals surface area contributed by atoms with Gasteiger partial charge in [-0.05, 0) is 38.6 Å². The van der Waals surface area contributed by atoms with Crippen molar-refractivity contribution in [1.29, 1.82) is 0 Å². The molecule has 118 valence electrons. The van der Waals surface area contributed by atoms with Gasteiger partial charge in [0.05, 0.1) is 12.8 Å². The first-order valence-electron chi connectivity index (χ1n) is 6.89. The summed E-state index contributed by atoms with van der Waals surface area (Å²) in [5.41, 5.74) is 2.38. The number of aryl methyl sites for hydroxylation is 2. The number of likely N-dealkylation sites (N-methyl/N-ethyl adjacent to an activating group) is 1. The first kappa shape index (κ1) is 16.2. The van der Waals surface area contributed by atoms with E-state index >= 15 is 0 Å². The second-order valence-electron chi connectivity index (χ2n) is 5.20. The summed E-state index contributed by atoms with van der Waals surface area (Å²) in [7, 11) is 3.14. The molecule has 0 N–H and O–H groups in total. The number of hydrogen-bond donors (Lipinski definition) is 0. The molecule has 1 atom stereocenters.